The first-order valence-electron chi connectivity index (χ1n) is 5.31. The molecule has 0 heterocycles. The molecule has 1 rings (SSSR count). The van der Waals surface area contributed by atoms with Gasteiger partial charge in [0.05, 0.1) is 4.83 Å². The highest BCUT2D eigenvalue weighted by Crippen LogP contribution is 2.35. The summed E-state index contributed by atoms with van der Waals surface area (Å²) in [6.45, 7) is 1.27. The van der Waals surface area contributed by atoms with Gasteiger partial charge in [-0.15, -0.1) is 0 Å². The summed E-state index contributed by atoms with van der Waals surface area (Å²) in [5, 5.41) is 8.58. The molecule has 6 heteroatoms. The van der Waals surface area contributed by atoms with Gasteiger partial charge in [-0.3, -0.25) is 4.79 Å². The Hall–Kier alpha value is -1.56. The lowest BCUT2D eigenvalue weighted by molar-refractivity contribution is -0.131. The molecule has 1 unspecified atom stereocenters. The third-order valence-corrected chi connectivity index (χ3v) is 3.53. The number of rotatable bonds is 5. The van der Waals surface area contributed by atoms with Crippen LogP contribution in [0.1, 0.15) is 34.9 Å². The summed E-state index contributed by atoms with van der Waals surface area (Å²) in [5.74, 6) is -1.53. The van der Waals surface area contributed by atoms with Gasteiger partial charge in [0, 0.05) is 11.6 Å². The highest BCUT2D eigenvalue weighted by molar-refractivity contribution is 9.09. The molecule has 0 aliphatic carbocycles. The molecule has 0 fully saturated rings. The van der Waals surface area contributed by atoms with Crippen LogP contribution in [0.2, 0.25) is 0 Å². The summed E-state index contributed by atoms with van der Waals surface area (Å²) in [4.78, 5) is 21.0. The smallest absolute Gasteiger partial charge is 0.328 e. The molecule has 0 saturated heterocycles. The van der Waals surface area contributed by atoms with Crippen LogP contribution in [0.5, 0.6) is 0 Å². The first-order valence-corrected chi connectivity index (χ1v) is 6.22. The van der Waals surface area contributed by atoms with Crippen LogP contribution in [-0.4, -0.2) is 16.9 Å². The van der Waals surface area contributed by atoms with Gasteiger partial charge in [0.15, 0.2) is 0 Å². The molecule has 1 N–H and O–H groups in total. The van der Waals surface area contributed by atoms with E-state index in [0.29, 0.717) is 0 Å². The number of carboxylic acids is 1. The lowest BCUT2D eigenvalue weighted by Gasteiger charge is -2.15. The number of aliphatic carboxylic acids is 1. The number of hydrogen-bond acceptors (Lipinski definition) is 2. The molecule has 0 saturated carbocycles. The zero-order valence-electron chi connectivity index (χ0n) is 9.94. The van der Waals surface area contributed by atoms with Crippen LogP contribution < -0.4 is 0 Å². The predicted octanol–water partition coefficient (Wildman–Crippen LogP) is 3.75. The van der Waals surface area contributed by atoms with Crippen LogP contribution in [0.3, 0.4) is 0 Å². The van der Waals surface area contributed by atoms with E-state index in [9.17, 15) is 18.4 Å². The maximum absolute atomic E-state index is 13.0. The SMILES string of the molecule is CC(=O)C(Br)c1c(C=CC(=O)O)cccc1C(F)F. The monoisotopic (exact) mass is 332 g/mol. The minimum atomic E-state index is -2.74. The number of benzene rings is 1. The van der Waals surface area contributed by atoms with Crippen molar-refractivity contribution in [3.05, 3.63) is 41.0 Å². The molecule has 102 valence electrons. The van der Waals surface area contributed by atoms with Gasteiger partial charge in [0.2, 0.25) is 0 Å². The quantitative estimate of drug-likeness (QED) is 0.660. The molecule has 3 nitrogen and oxygen atoms in total. The standard InChI is InChI=1S/C13H11BrF2O3/c1-7(17)12(14)11-8(5-6-10(18)19)3-2-4-9(11)13(15)16/h2-6,12-13H,1H3,(H,18,19). The van der Waals surface area contributed by atoms with Crippen LogP contribution in [0.15, 0.2) is 24.3 Å². The number of carbonyl (C=O) groups excluding carboxylic acids is 1. The third-order valence-electron chi connectivity index (χ3n) is 2.42. The van der Waals surface area contributed by atoms with E-state index in [2.05, 4.69) is 15.9 Å². The van der Waals surface area contributed by atoms with Crippen LogP contribution >= 0.6 is 15.9 Å². The lowest BCUT2D eigenvalue weighted by Crippen LogP contribution is -2.07. The van der Waals surface area contributed by atoms with Gasteiger partial charge in [0.25, 0.3) is 6.43 Å². The van der Waals surface area contributed by atoms with E-state index in [4.69, 9.17) is 5.11 Å². The maximum Gasteiger partial charge on any atom is 0.328 e. The third kappa shape index (κ3) is 3.96. The lowest BCUT2D eigenvalue weighted by atomic mass is 9.96. The van der Waals surface area contributed by atoms with Gasteiger partial charge in [-0.2, -0.15) is 0 Å². The van der Waals surface area contributed by atoms with E-state index in [-0.39, 0.29) is 22.5 Å². The normalized spacial score (nSPS) is 12.9. The fourth-order valence-electron chi connectivity index (χ4n) is 1.59. The number of halogens is 3. The van der Waals surface area contributed by atoms with Gasteiger partial charge >= 0.3 is 5.97 Å². The second kappa shape index (κ2) is 6.56. The average molecular weight is 333 g/mol. The van der Waals surface area contributed by atoms with Gasteiger partial charge in [-0.05, 0) is 24.1 Å². The minimum absolute atomic E-state index is 0.0995. The fourth-order valence-corrected chi connectivity index (χ4v) is 2.12. The molecule has 0 aromatic heterocycles. The Labute approximate surface area is 117 Å². The molecule has 0 spiro atoms. The summed E-state index contributed by atoms with van der Waals surface area (Å²) >= 11 is 3.06. The molecular formula is C13H11BrF2O3. The molecule has 0 aliphatic heterocycles. The van der Waals surface area contributed by atoms with E-state index < -0.39 is 17.2 Å². The second-order valence-corrected chi connectivity index (χ2v) is 4.71. The van der Waals surface area contributed by atoms with Crippen molar-refractivity contribution in [2.75, 3.05) is 0 Å². The molecule has 0 amide bonds. The number of alkyl halides is 3. The van der Waals surface area contributed by atoms with Crippen molar-refractivity contribution in [3.8, 4) is 0 Å². The Bertz CT molecular complexity index is 527. The number of hydrogen-bond donors (Lipinski definition) is 1. The molecule has 1 atom stereocenters. The van der Waals surface area contributed by atoms with Gasteiger partial charge in [-0.1, -0.05) is 34.1 Å². The Kier molecular flexibility index (Phi) is 5.35. The number of ketones is 1. The number of carbonyl (C=O) groups is 2. The topological polar surface area (TPSA) is 54.4 Å². The first-order chi connectivity index (χ1) is 8.84. The molecular weight excluding hydrogens is 322 g/mol. The van der Waals surface area contributed by atoms with Crippen LogP contribution in [0.25, 0.3) is 6.08 Å². The zero-order valence-corrected chi connectivity index (χ0v) is 11.5. The molecule has 0 bridgehead atoms. The van der Waals surface area contributed by atoms with E-state index in [1.807, 2.05) is 0 Å². The van der Waals surface area contributed by atoms with Gasteiger partial charge in [-0.25, -0.2) is 13.6 Å². The van der Waals surface area contributed by atoms with Crippen LogP contribution in [0.4, 0.5) is 8.78 Å². The Morgan fingerprint density at radius 3 is 2.47 bits per heavy atom. The van der Waals surface area contributed by atoms with Crippen molar-refractivity contribution in [2.24, 2.45) is 0 Å². The van der Waals surface area contributed by atoms with Crippen molar-refractivity contribution in [3.63, 3.8) is 0 Å². The second-order valence-electron chi connectivity index (χ2n) is 3.80. The molecule has 0 aliphatic rings. The molecule has 0 radical (unpaired) electrons. The largest absolute Gasteiger partial charge is 0.478 e. The minimum Gasteiger partial charge on any atom is -0.478 e. The van der Waals surface area contributed by atoms with E-state index in [1.165, 1.54) is 31.2 Å². The Balaban J connectivity index is 3.42. The van der Waals surface area contributed by atoms with Crippen LogP contribution in [0, 0.1) is 0 Å². The Morgan fingerprint density at radius 1 is 1.37 bits per heavy atom. The number of Topliss-reactive ketones (excluding diaryl/α,β-unsaturated/α-hetero) is 1. The summed E-state index contributed by atoms with van der Waals surface area (Å²) in [6, 6.07) is 4.10. The summed E-state index contributed by atoms with van der Waals surface area (Å²) < 4.78 is 25.9. The van der Waals surface area contributed by atoms with Crippen molar-refractivity contribution < 1.29 is 23.5 Å². The molecule has 19 heavy (non-hydrogen) atoms. The van der Waals surface area contributed by atoms with E-state index >= 15 is 0 Å². The molecule has 1 aromatic carbocycles. The van der Waals surface area contributed by atoms with E-state index in [0.717, 1.165) is 6.08 Å². The summed E-state index contributed by atoms with van der Waals surface area (Å²) in [6.07, 6.45) is -0.707. The van der Waals surface area contributed by atoms with Gasteiger partial charge < -0.3 is 5.11 Å². The number of carboxylic acid groups (broad SMARTS) is 1. The highest BCUT2D eigenvalue weighted by atomic mass is 79.9. The first kappa shape index (κ1) is 15.5. The van der Waals surface area contributed by atoms with Crippen molar-refractivity contribution in [1.29, 1.82) is 0 Å². The van der Waals surface area contributed by atoms with Crippen molar-refractivity contribution in [2.45, 2.75) is 18.2 Å². The van der Waals surface area contributed by atoms with Crippen molar-refractivity contribution >= 4 is 33.8 Å². The molecule has 1 aromatic rings. The van der Waals surface area contributed by atoms with Crippen molar-refractivity contribution in [1.82, 2.24) is 0 Å². The fraction of sp³-hybridized carbons (Fsp3) is 0.231. The average Bonchev–Trinajstić information content (AvgIpc) is 2.34. The summed E-state index contributed by atoms with van der Waals surface area (Å²) in [7, 11) is 0. The van der Waals surface area contributed by atoms with Crippen LogP contribution in [-0.2, 0) is 9.59 Å². The Morgan fingerprint density at radius 2 is 2.00 bits per heavy atom. The predicted molar refractivity (Wildman–Crippen MR) is 70.4 cm³/mol. The zero-order chi connectivity index (χ0) is 14.6. The summed E-state index contributed by atoms with van der Waals surface area (Å²) in [5.41, 5.74) is 0.0874. The van der Waals surface area contributed by atoms with Gasteiger partial charge in [0.1, 0.15) is 5.78 Å². The highest BCUT2D eigenvalue weighted by Gasteiger charge is 2.23. The maximum atomic E-state index is 13.0. The van der Waals surface area contributed by atoms with E-state index in [1.54, 1.807) is 0 Å².